The molecule has 0 saturated heterocycles. The van der Waals surface area contributed by atoms with E-state index in [9.17, 15) is 24.5 Å². The molecule has 10 heteroatoms. The van der Waals surface area contributed by atoms with E-state index < -0.39 is 23.2 Å². The third-order valence-corrected chi connectivity index (χ3v) is 7.74. The van der Waals surface area contributed by atoms with Crippen LogP contribution >= 0.6 is 0 Å². The molecule has 0 bridgehead atoms. The Labute approximate surface area is 266 Å². The Morgan fingerprint density at radius 3 is 1.98 bits per heavy atom. The standard InChI is InChI=1S/C36H34N2O8/c1-23(2)19-33(37-35(40)44-22-32-30-9-5-3-7-28(30)29-8-4-6-10-31(29)32)34(39)20-24-11-13-25(14-12-24)21-45-36(41)46-27-17-15-26(16-18-27)38(42)43/h3-18,23,32-33H,19-22H2,1-2H3,(H,37,40)/t33-/m0/s1. The molecule has 10 nitrogen and oxygen atoms in total. The number of hydrogen-bond donors (Lipinski definition) is 1. The first kappa shape index (κ1) is 31.9. The SMILES string of the molecule is CC(C)C[C@H](NC(=O)OCC1c2ccccc2-c2ccccc21)C(=O)Cc1ccc(COC(=O)Oc2ccc([N+](=O)[O-])cc2)cc1. The molecule has 0 aromatic heterocycles. The minimum absolute atomic E-state index is 0.0701. The Bertz CT molecular complexity index is 1670. The molecule has 1 atom stereocenters. The summed E-state index contributed by atoms with van der Waals surface area (Å²) < 4.78 is 15.9. The third kappa shape index (κ3) is 7.95. The van der Waals surface area contributed by atoms with Crippen LogP contribution in [0.3, 0.4) is 0 Å². The molecule has 0 heterocycles. The van der Waals surface area contributed by atoms with Gasteiger partial charge >= 0.3 is 12.2 Å². The second-order valence-electron chi connectivity index (χ2n) is 11.5. The van der Waals surface area contributed by atoms with Crippen LogP contribution in [0, 0.1) is 16.0 Å². The summed E-state index contributed by atoms with van der Waals surface area (Å²) in [6, 6.07) is 27.5. The van der Waals surface area contributed by atoms with Gasteiger partial charge in [-0.2, -0.15) is 0 Å². The summed E-state index contributed by atoms with van der Waals surface area (Å²) in [5, 5.41) is 13.6. The highest BCUT2D eigenvalue weighted by Crippen LogP contribution is 2.44. The molecule has 0 unspecified atom stereocenters. The van der Waals surface area contributed by atoms with Crippen LogP contribution in [-0.2, 0) is 27.3 Å². The highest BCUT2D eigenvalue weighted by molar-refractivity contribution is 5.89. The number of ether oxygens (including phenoxy) is 3. The van der Waals surface area contributed by atoms with Crippen LogP contribution in [0.1, 0.15) is 48.4 Å². The molecule has 46 heavy (non-hydrogen) atoms. The van der Waals surface area contributed by atoms with Crippen molar-refractivity contribution in [3.8, 4) is 16.9 Å². The van der Waals surface area contributed by atoms with Gasteiger partial charge in [0.1, 0.15) is 19.0 Å². The molecule has 4 aromatic rings. The molecular weight excluding hydrogens is 588 g/mol. The molecule has 5 rings (SSSR count). The number of fused-ring (bicyclic) bond motifs is 3. The number of carbonyl (C=O) groups excluding carboxylic acids is 3. The van der Waals surface area contributed by atoms with Gasteiger partial charge in [-0.15, -0.1) is 0 Å². The Morgan fingerprint density at radius 1 is 0.804 bits per heavy atom. The topological polar surface area (TPSA) is 134 Å². The maximum absolute atomic E-state index is 13.3. The zero-order chi connectivity index (χ0) is 32.6. The summed E-state index contributed by atoms with van der Waals surface area (Å²) in [5.74, 6) is 0.0576. The van der Waals surface area contributed by atoms with Crippen molar-refractivity contribution >= 4 is 23.7 Å². The Balaban J connectivity index is 1.12. The monoisotopic (exact) mass is 622 g/mol. The van der Waals surface area contributed by atoms with Gasteiger partial charge in [-0.25, -0.2) is 9.59 Å². The fourth-order valence-electron chi connectivity index (χ4n) is 5.51. The number of nitrogens with one attached hydrogen (secondary N) is 1. The lowest BCUT2D eigenvalue weighted by Crippen LogP contribution is -2.43. The normalized spacial score (nSPS) is 12.5. The van der Waals surface area contributed by atoms with E-state index in [0.717, 1.165) is 27.8 Å². The average Bonchev–Trinajstić information content (AvgIpc) is 3.36. The van der Waals surface area contributed by atoms with Crippen molar-refractivity contribution in [3.63, 3.8) is 0 Å². The first-order valence-electron chi connectivity index (χ1n) is 15.0. The maximum Gasteiger partial charge on any atom is 0.514 e. The molecule has 0 spiro atoms. The van der Waals surface area contributed by atoms with Crippen molar-refractivity contribution in [1.29, 1.82) is 0 Å². The highest BCUT2D eigenvalue weighted by atomic mass is 16.7. The van der Waals surface area contributed by atoms with Crippen molar-refractivity contribution in [2.75, 3.05) is 6.61 Å². The number of non-ortho nitro benzene ring substituents is 1. The molecule has 1 aliphatic carbocycles. The lowest BCUT2D eigenvalue weighted by molar-refractivity contribution is -0.384. The number of alkyl carbamates (subject to hydrolysis) is 1. The van der Waals surface area contributed by atoms with Crippen LogP contribution in [0.25, 0.3) is 11.1 Å². The third-order valence-electron chi connectivity index (χ3n) is 7.74. The van der Waals surface area contributed by atoms with E-state index in [-0.39, 0.29) is 48.7 Å². The quantitative estimate of drug-likeness (QED) is 0.0749. The van der Waals surface area contributed by atoms with Gasteiger partial charge in [0.05, 0.1) is 11.0 Å². The molecule has 236 valence electrons. The zero-order valence-electron chi connectivity index (χ0n) is 25.5. The second kappa shape index (κ2) is 14.5. The van der Waals surface area contributed by atoms with Crippen LogP contribution < -0.4 is 10.1 Å². The van der Waals surface area contributed by atoms with Gasteiger partial charge in [0.25, 0.3) is 5.69 Å². The molecule has 0 aliphatic heterocycles. The zero-order valence-corrected chi connectivity index (χ0v) is 25.5. The number of carbonyl (C=O) groups is 3. The summed E-state index contributed by atoms with van der Waals surface area (Å²) in [6.07, 6.45) is -1.02. The number of ketones is 1. The van der Waals surface area contributed by atoms with Gasteiger partial charge < -0.3 is 19.5 Å². The summed E-state index contributed by atoms with van der Waals surface area (Å²) >= 11 is 0. The van der Waals surface area contributed by atoms with Crippen LogP contribution in [0.5, 0.6) is 5.75 Å². The minimum atomic E-state index is -0.955. The van der Waals surface area contributed by atoms with Gasteiger partial charge in [0.2, 0.25) is 0 Å². The number of benzene rings is 4. The van der Waals surface area contributed by atoms with Gasteiger partial charge in [0, 0.05) is 24.5 Å². The number of nitro benzene ring substituents is 1. The van der Waals surface area contributed by atoms with E-state index in [1.54, 1.807) is 24.3 Å². The smallest absolute Gasteiger partial charge is 0.449 e. The number of nitrogens with zero attached hydrogens (tertiary/aromatic N) is 1. The summed E-state index contributed by atoms with van der Waals surface area (Å²) in [5.41, 5.74) is 5.79. The summed E-state index contributed by atoms with van der Waals surface area (Å²) in [6.45, 7) is 4.06. The van der Waals surface area contributed by atoms with Crippen LogP contribution in [0.4, 0.5) is 15.3 Å². The predicted molar refractivity (Wildman–Crippen MR) is 171 cm³/mol. The van der Waals surface area contributed by atoms with Crippen LogP contribution in [-0.4, -0.2) is 35.6 Å². The van der Waals surface area contributed by atoms with E-state index in [4.69, 9.17) is 14.2 Å². The Kier molecular flexibility index (Phi) is 10.1. The van der Waals surface area contributed by atoms with Crippen molar-refractivity contribution < 1.29 is 33.5 Å². The molecule has 4 aromatic carbocycles. The van der Waals surface area contributed by atoms with Gasteiger partial charge in [-0.1, -0.05) is 86.6 Å². The largest absolute Gasteiger partial charge is 0.514 e. The number of rotatable bonds is 12. The van der Waals surface area contributed by atoms with Crippen molar-refractivity contribution in [2.45, 2.75) is 45.3 Å². The van der Waals surface area contributed by atoms with Gasteiger partial charge in [-0.05, 0) is 57.9 Å². The van der Waals surface area contributed by atoms with Crippen molar-refractivity contribution in [1.82, 2.24) is 5.32 Å². The second-order valence-corrected chi connectivity index (χ2v) is 11.5. The van der Waals surface area contributed by atoms with Gasteiger partial charge in [-0.3, -0.25) is 14.9 Å². The fraction of sp³-hybridized carbons (Fsp3) is 0.250. The number of Topliss-reactive ketones (excluding diaryl/α,β-unsaturated/α-hetero) is 1. The maximum atomic E-state index is 13.3. The van der Waals surface area contributed by atoms with E-state index >= 15 is 0 Å². The molecule has 0 saturated carbocycles. The lowest BCUT2D eigenvalue weighted by atomic mass is 9.96. The van der Waals surface area contributed by atoms with Crippen LogP contribution in [0.2, 0.25) is 0 Å². The highest BCUT2D eigenvalue weighted by Gasteiger charge is 2.30. The molecule has 1 amide bonds. The first-order valence-corrected chi connectivity index (χ1v) is 15.0. The van der Waals surface area contributed by atoms with Crippen molar-refractivity contribution in [3.05, 3.63) is 129 Å². The van der Waals surface area contributed by atoms with Gasteiger partial charge in [0.15, 0.2) is 5.78 Å². The van der Waals surface area contributed by atoms with E-state index in [2.05, 4.69) is 29.6 Å². The van der Waals surface area contributed by atoms with Crippen molar-refractivity contribution in [2.24, 2.45) is 5.92 Å². The first-order chi connectivity index (χ1) is 22.2. The number of amides is 1. The van der Waals surface area contributed by atoms with E-state index in [1.165, 1.54) is 24.3 Å². The van der Waals surface area contributed by atoms with Crippen LogP contribution in [0.15, 0.2) is 97.1 Å². The molecule has 0 fully saturated rings. The predicted octanol–water partition coefficient (Wildman–Crippen LogP) is 7.38. The molecule has 1 N–H and O–H groups in total. The summed E-state index contributed by atoms with van der Waals surface area (Å²) in [4.78, 5) is 48.5. The molecule has 1 aliphatic rings. The Morgan fingerprint density at radius 2 is 1.39 bits per heavy atom. The average molecular weight is 623 g/mol. The van der Waals surface area contributed by atoms with E-state index in [0.29, 0.717) is 12.0 Å². The summed E-state index contributed by atoms with van der Waals surface area (Å²) in [7, 11) is 0. The lowest BCUT2D eigenvalue weighted by Gasteiger charge is -2.21. The molecular formula is C36H34N2O8. The van der Waals surface area contributed by atoms with E-state index in [1.807, 2.05) is 38.1 Å². The molecule has 0 radical (unpaired) electrons. The minimum Gasteiger partial charge on any atom is -0.449 e. The number of nitro groups is 1. The fourth-order valence-corrected chi connectivity index (χ4v) is 5.51. The number of hydrogen-bond acceptors (Lipinski definition) is 8. The Hall–Kier alpha value is -5.51.